The Morgan fingerprint density at radius 1 is 1.11 bits per heavy atom. The van der Waals surface area contributed by atoms with E-state index in [1.54, 1.807) is 23.6 Å². The molecule has 0 unspecified atom stereocenters. The van der Waals surface area contributed by atoms with Crippen molar-refractivity contribution >= 4 is 17.4 Å². The normalized spacial score (nSPS) is 10.8. The number of pyridine rings is 1. The third-order valence-corrected chi connectivity index (χ3v) is 4.49. The Morgan fingerprint density at radius 3 is 2.64 bits per heavy atom. The minimum atomic E-state index is -0.580. The summed E-state index contributed by atoms with van der Waals surface area (Å²) in [6, 6.07) is 17.1. The Bertz CT molecular complexity index is 1180. The van der Waals surface area contributed by atoms with Gasteiger partial charge < -0.3 is 10.1 Å². The van der Waals surface area contributed by atoms with Gasteiger partial charge in [0.05, 0.1) is 12.7 Å². The summed E-state index contributed by atoms with van der Waals surface area (Å²) < 4.78 is 21.3. The number of para-hydroxylation sites is 1. The number of anilines is 1. The number of hydrogen-bond acceptors (Lipinski definition) is 3. The highest BCUT2D eigenvalue weighted by molar-refractivity contribution is 6.06. The van der Waals surface area contributed by atoms with Crippen LogP contribution in [-0.4, -0.2) is 22.4 Å². The van der Waals surface area contributed by atoms with Gasteiger partial charge in [-0.05, 0) is 48.9 Å². The molecule has 0 aliphatic rings. The van der Waals surface area contributed by atoms with Crippen molar-refractivity contribution in [2.45, 2.75) is 6.92 Å². The van der Waals surface area contributed by atoms with Crippen molar-refractivity contribution < 1.29 is 13.9 Å². The van der Waals surface area contributed by atoms with Gasteiger partial charge in [-0.25, -0.2) is 9.37 Å². The number of carbonyl (C=O) groups excluding carboxylic acids is 1. The fourth-order valence-electron chi connectivity index (χ4n) is 3.11. The number of carbonyl (C=O) groups is 1. The maximum atomic E-state index is 14.1. The maximum absolute atomic E-state index is 14.1. The van der Waals surface area contributed by atoms with Crippen LogP contribution < -0.4 is 10.1 Å². The first-order valence-electron chi connectivity index (χ1n) is 8.76. The number of amides is 1. The van der Waals surface area contributed by atoms with Crippen molar-refractivity contribution in [3.63, 3.8) is 0 Å². The largest absolute Gasteiger partial charge is 0.496 e. The number of hydrogen-bond donors (Lipinski definition) is 1. The van der Waals surface area contributed by atoms with Crippen LogP contribution in [0.1, 0.15) is 15.9 Å². The molecule has 0 atom stereocenters. The summed E-state index contributed by atoms with van der Waals surface area (Å²) in [5, 5.41) is 2.83. The first-order valence-corrected chi connectivity index (χ1v) is 8.76. The molecule has 140 valence electrons. The van der Waals surface area contributed by atoms with Crippen LogP contribution in [0, 0.1) is 12.7 Å². The Hall–Kier alpha value is -3.67. The molecular formula is C22H18FN3O2. The van der Waals surface area contributed by atoms with Crippen LogP contribution in [0.25, 0.3) is 16.9 Å². The smallest absolute Gasteiger partial charge is 0.259 e. The highest BCUT2D eigenvalue weighted by Crippen LogP contribution is 2.35. The van der Waals surface area contributed by atoms with E-state index < -0.39 is 11.7 Å². The standard InChI is InChI=1S/C22H18FN3O2/c1-14-11-12-26-19(13-14)24-20(16-8-4-6-10-18(16)28-2)21(26)25-22(27)15-7-3-5-9-17(15)23/h3-13H,1-2H3,(H,25,27). The third-order valence-electron chi connectivity index (χ3n) is 4.49. The zero-order chi connectivity index (χ0) is 19.7. The molecule has 4 aromatic rings. The molecule has 2 heterocycles. The van der Waals surface area contributed by atoms with Crippen LogP contribution in [0.5, 0.6) is 5.75 Å². The highest BCUT2D eigenvalue weighted by atomic mass is 19.1. The zero-order valence-electron chi connectivity index (χ0n) is 15.4. The van der Waals surface area contributed by atoms with E-state index in [2.05, 4.69) is 5.32 Å². The number of nitrogens with one attached hydrogen (secondary N) is 1. The summed E-state index contributed by atoms with van der Waals surface area (Å²) in [4.78, 5) is 17.5. The van der Waals surface area contributed by atoms with Crippen LogP contribution in [-0.2, 0) is 0 Å². The molecule has 5 nitrogen and oxygen atoms in total. The molecule has 0 saturated heterocycles. The van der Waals surface area contributed by atoms with Crippen LogP contribution in [0.2, 0.25) is 0 Å². The monoisotopic (exact) mass is 375 g/mol. The zero-order valence-corrected chi connectivity index (χ0v) is 15.4. The summed E-state index contributed by atoms with van der Waals surface area (Å²) in [5.74, 6) is -0.0445. The molecule has 0 aliphatic heterocycles. The number of benzene rings is 2. The van der Waals surface area contributed by atoms with Crippen molar-refractivity contribution in [3.8, 4) is 17.0 Å². The summed E-state index contributed by atoms with van der Waals surface area (Å²) >= 11 is 0. The molecule has 1 amide bonds. The van der Waals surface area contributed by atoms with E-state index in [9.17, 15) is 9.18 Å². The van der Waals surface area contributed by atoms with Gasteiger partial charge in [0.15, 0.2) is 0 Å². The number of halogens is 1. The van der Waals surface area contributed by atoms with Gasteiger partial charge in [-0.15, -0.1) is 0 Å². The van der Waals surface area contributed by atoms with Gasteiger partial charge in [0.1, 0.15) is 28.7 Å². The number of rotatable bonds is 4. The second kappa shape index (κ2) is 7.15. The molecular weight excluding hydrogens is 357 g/mol. The second-order valence-corrected chi connectivity index (χ2v) is 6.38. The predicted molar refractivity (Wildman–Crippen MR) is 106 cm³/mol. The van der Waals surface area contributed by atoms with Crippen molar-refractivity contribution in [3.05, 3.63) is 83.8 Å². The van der Waals surface area contributed by atoms with Crippen molar-refractivity contribution in [2.75, 3.05) is 12.4 Å². The van der Waals surface area contributed by atoms with Gasteiger partial charge in [0.2, 0.25) is 0 Å². The van der Waals surface area contributed by atoms with Gasteiger partial charge in [0.25, 0.3) is 5.91 Å². The Labute approximate surface area is 161 Å². The minimum absolute atomic E-state index is 0.0319. The van der Waals surface area contributed by atoms with Crippen LogP contribution >= 0.6 is 0 Å². The molecule has 2 aromatic heterocycles. The molecule has 6 heteroatoms. The number of ether oxygens (including phenoxy) is 1. The maximum Gasteiger partial charge on any atom is 0.259 e. The van der Waals surface area contributed by atoms with Crippen LogP contribution in [0.15, 0.2) is 66.9 Å². The molecule has 0 saturated carbocycles. The fourth-order valence-corrected chi connectivity index (χ4v) is 3.11. The fraction of sp³-hybridized carbons (Fsp3) is 0.0909. The molecule has 0 bridgehead atoms. The number of fused-ring (bicyclic) bond motifs is 1. The summed E-state index contributed by atoms with van der Waals surface area (Å²) in [5.41, 5.74) is 2.96. The van der Waals surface area contributed by atoms with Crippen molar-refractivity contribution in [2.24, 2.45) is 0 Å². The molecule has 0 fully saturated rings. The summed E-state index contributed by atoms with van der Waals surface area (Å²) in [6.45, 7) is 1.97. The van der Waals surface area contributed by atoms with E-state index in [1.807, 2.05) is 49.5 Å². The van der Waals surface area contributed by atoms with E-state index in [1.165, 1.54) is 12.1 Å². The van der Waals surface area contributed by atoms with Crippen LogP contribution in [0.3, 0.4) is 0 Å². The van der Waals surface area contributed by atoms with Gasteiger partial charge in [0, 0.05) is 11.8 Å². The number of methoxy groups -OCH3 is 1. The van der Waals surface area contributed by atoms with E-state index in [-0.39, 0.29) is 5.56 Å². The Kier molecular flexibility index (Phi) is 4.53. The predicted octanol–water partition coefficient (Wildman–Crippen LogP) is 4.71. The molecule has 0 aliphatic carbocycles. The molecule has 1 N–H and O–H groups in total. The molecule has 4 rings (SSSR count). The minimum Gasteiger partial charge on any atom is -0.496 e. The van der Waals surface area contributed by atoms with Gasteiger partial charge in [-0.1, -0.05) is 24.3 Å². The molecule has 0 spiro atoms. The lowest BCUT2D eigenvalue weighted by Crippen LogP contribution is -2.15. The molecule has 2 aromatic carbocycles. The number of nitrogens with zero attached hydrogens (tertiary/aromatic N) is 2. The van der Waals surface area contributed by atoms with E-state index in [0.29, 0.717) is 22.9 Å². The first kappa shape index (κ1) is 17.7. The number of aromatic nitrogens is 2. The lowest BCUT2D eigenvalue weighted by atomic mass is 10.1. The van der Waals surface area contributed by atoms with Crippen molar-refractivity contribution in [1.29, 1.82) is 0 Å². The molecule has 0 radical (unpaired) electrons. The average Bonchev–Trinajstić information content (AvgIpc) is 3.05. The lowest BCUT2D eigenvalue weighted by Gasteiger charge is -2.10. The van der Waals surface area contributed by atoms with E-state index in [0.717, 1.165) is 11.1 Å². The Balaban J connectivity index is 1.89. The second-order valence-electron chi connectivity index (χ2n) is 6.38. The van der Waals surface area contributed by atoms with Gasteiger partial charge in [-0.3, -0.25) is 9.20 Å². The Morgan fingerprint density at radius 2 is 1.86 bits per heavy atom. The first-order chi connectivity index (χ1) is 13.6. The van der Waals surface area contributed by atoms with E-state index >= 15 is 0 Å². The summed E-state index contributed by atoms with van der Waals surface area (Å²) in [7, 11) is 1.58. The van der Waals surface area contributed by atoms with Crippen LogP contribution in [0.4, 0.5) is 10.2 Å². The van der Waals surface area contributed by atoms with E-state index in [4.69, 9.17) is 9.72 Å². The average molecular weight is 375 g/mol. The SMILES string of the molecule is COc1ccccc1-c1nc2cc(C)ccn2c1NC(=O)c1ccccc1F. The highest BCUT2D eigenvalue weighted by Gasteiger charge is 2.21. The van der Waals surface area contributed by atoms with Gasteiger partial charge in [-0.2, -0.15) is 0 Å². The lowest BCUT2D eigenvalue weighted by molar-refractivity contribution is 0.102. The number of aryl methyl sites for hydroxylation is 1. The summed E-state index contributed by atoms with van der Waals surface area (Å²) in [6.07, 6.45) is 1.83. The topological polar surface area (TPSA) is 55.6 Å². The third kappa shape index (κ3) is 3.09. The van der Waals surface area contributed by atoms with Crippen molar-refractivity contribution in [1.82, 2.24) is 9.38 Å². The number of imidazole rings is 1. The molecule has 28 heavy (non-hydrogen) atoms. The quantitative estimate of drug-likeness (QED) is 0.562. The van der Waals surface area contributed by atoms with Gasteiger partial charge >= 0.3 is 0 Å².